The second-order valence-electron chi connectivity index (χ2n) is 4.98. The number of rotatable bonds is 3. The van der Waals surface area contributed by atoms with Crippen molar-refractivity contribution in [1.29, 1.82) is 0 Å². The zero-order chi connectivity index (χ0) is 10.7. The molecule has 0 aliphatic carbocycles. The molecule has 2 unspecified atom stereocenters. The van der Waals surface area contributed by atoms with Crippen LogP contribution in [-0.4, -0.2) is 38.3 Å². The number of nitrogens with one attached hydrogen (secondary N) is 2. The minimum absolute atomic E-state index is 0. The van der Waals surface area contributed by atoms with Crippen LogP contribution in [0.3, 0.4) is 0 Å². The Labute approximate surface area is 103 Å². The lowest BCUT2D eigenvalue weighted by Gasteiger charge is -2.23. The predicted molar refractivity (Wildman–Crippen MR) is 64.8 cm³/mol. The summed E-state index contributed by atoms with van der Waals surface area (Å²) in [6, 6.07) is 0.0379. The molecule has 2 aliphatic rings. The van der Waals surface area contributed by atoms with Crippen molar-refractivity contribution in [2.45, 2.75) is 32.2 Å². The van der Waals surface area contributed by atoms with Crippen LogP contribution in [0.25, 0.3) is 0 Å². The van der Waals surface area contributed by atoms with Gasteiger partial charge in [0, 0.05) is 18.6 Å². The fraction of sp³-hybridized carbons (Fsp3) is 0.909. The molecule has 0 radical (unpaired) electrons. The van der Waals surface area contributed by atoms with E-state index in [0.717, 1.165) is 45.6 Å². The molecule has 0 bridgehead atoms. The van der Waals surface area contributed by atoms with Crippen molar-refractivity contribution in [3.8, 4) is 0 Å². The molecule has 2 atom stereocenters. The van der Waals surface area contributed by atoms with Gasteiger partial charge in [-0.3, -0.25) is 4.79 Å². The summed E-state index contributed by atoms with van der Waals surface area (Å²) in [7, 11) is 0. The van der Waals surface area contributed by atoms with Crippen molar-refractivity contribution < 1.29 is 9.53 Å². The van der Waals surface area contributed by atoms with Gasteiger partial charge in [0.05, 0.1) is 12.6 Å². The van der Waals surface area contributed by atoms with Crippen LogP contribution in [0.15, 0.2) is 0 Å². The average molecular weight is 249 g/mol. The van der Waals surface area contributed by atoms with E-state index in [9.17, 15) is 4.79 Å². The minimum atomic E-state index is 0. The maximum Gasteiger partial charge on any atom is 0.237 e. The zero-order valence-electron chi connectivity index (χ0n) is 9.75. The molecule has 2 N–H and O–H groups in total. The standard InChI is InChI=1S/C11H20N2O2.ClH/c1-11(4-6-15-8-11)7-13-10(14)9-3-2-5-12-9;/h9,12H,2-8H2,1H3,(H,13,14);1H. The van der Waals surface area contributed by atoms with E-state index in [1.165, 1.54) is 0 Å². The summed E-state index contributed by atoms with van der Waals surface area (Å²) < 4.78 is 5.35. The van der Waals surface area contributed by atoms with Gasteiger partial charge in [-0.05, 0) is 25.8 Å². The summed E-state index contributed by atoms with van der Waals surface area (Å²) in [5.74, 6) is 0.153. The first-order chi connectivity index (χ1) is 7.20. The maximum atomic E-state index is 11.7. The SMILES string of the molecule is CC1(CNC(=O)C2CCCN2)CCOC1.Cl. The van der Waals surface area contributed by atoms with Crippen LogP contribution in [0.4, 0.5) is 0 Å². The first-order valence-corrected chi connectivity index (χ1v) is 5.78. The lowest BCUT2D eigenvalue weighted by molar-refractivity contribution is -0.123. The molecular weight excluding hydrogens is 228 g/mol. The Morgan fingerprint density at radius 3 is 3.00 bits per heavy atom. The number of hydrogen-bond donors (Lipinski definition) is 2. The first-order valence-electron chi connectivity index (χ1n) is 5.78. The molecule has 0 aromatic rings. The van der Waals surface area contributed by atoms with E-state index in [0.29, 0.717) is 0 Å². The van der Waals surface area contributed by atoms with Gasteiger partial charge in [0.25, 0.3) is 0 Å². The fourth-order valence-electron chi connectivity index (χ4n) is 2.18. The number of carbonyl (C=O) groups excluding carboxylic acids is 1. The molecule has 94 valence electrons. The molecule has 4 nitrogen and oxygen atoms in total. The summed E-state index contributed by atoms with van der Waals surface area (Å²) >= 11 is 0. The molecule has 16 heavy (non-hydrogen) atoms. The van der Waals surface area contributed by atoms with Gasteiger partial charge in [-0.2, -0.15) is 0 Å². The Balaban J connectivity index is 0.00000128. The zero-order valence-corrected chi connectivity index (χ0v) is 10.6. The van der Waals surface area contributed by atoms with Crippen LogP contribution in [0.2, 0.25) is 0 Å². The summed E-state index contributed by atoms with van der Waals surface area (Å²) in [6.45, 7) is 5.48. The molecule has 0 spiro atoms. The third-order valence-electron chi connectivity index (χ3n) is 3.37. The van der Waals surface area contributed by atoms with Gasteiger partial charge in [-0.1, -0.05) is 6.92 Å². The molecule has 2 aliphatic heterocycles. The van der Waals surface area contributed by atoms with Crippen LogP contribution >= 0.6 is 12.4 Å². The minimum Gasteiger partial charge on any atom is -0.381 e. The maximum absolute atomic E-state index is 11.7. The summed E-state index contributed by atoms with van der Waals surface area (Å²) in [5, 5.41) is 6.23. The highest BCUT2D eigenvalue weighted by molar-refractivity contribution is 5.85. The Hall–Kier alpha value is -0.320. The van der Waals surface area contributed by atoms with Crippen molar-refractivity contribution in [3.05, 3.63) is 0 Å². The molecular formula is C11H21ClN2O2. The molecule has 0 saturated carbocycles. The van der Waals surface area contributed by atoms with Crippen molar-refractivity contribution in [1.82, 2.24) is 10.6 Å². The number of amides is 1. The second kappa shape index (κ2) is 5.84. The van der Waals surface area contributed by atoms with Crippen molar-refractivity contribution >= 4 is 18.3 Å². The highest BCUT2D eigenvalue weighted by atomic mass is 35.5. The highest BCUT2D eigenvalue weighted by Crippen LogP contribution is 2.26. The molecule has 1 amide bonds. The van der Waals surface area contributed by atoms with E-state index in [2.05, 4.69) is 17.6 Å². The van der Waals surface area contributed by atoms with Crippen LogP contribution in [0, 0.1) is 5.41 Å². The molecule has 5 heteroatoms. The van der Waals surface area contributed by atoms with Crippen LogP contribution in [-0.2, 0) is 9.53 Å². The van der Waals surface area contributed by atoms with Crippen LogP contribution in [0.1, 0.15) is 26.2 Å². The number of carbonyl (C=O) groups is 1. The van der Waals surface area contributed by atoms with Crippen molar-refractivity contribution in [2.24, 2.45) is 5.41 Å². The number of halogens is 1. The van der Waals surface area contributed by atoms with Gasteiger partial charge < -0.3 is 15.4 Å². The largest absolute Gasteiger partial charge is 0.381 e. The first kappa shape index (κ1) is 13.7. The van der Waals surface area contributed by atoms with Gasteiger partial charge in [0.1, 0.15) is 0 Å². The van der Waals surface area contributed by atoms with E-state index < -0.39 is 0 Å². The lowest BCUT2D eigenvalue weighted by atomic mass is 9.90. The summed E-state index contributed by atoms with van der Waals surface area (Å²) in [6.07, 6.45) is 3.13. The van der Waals surface area contributed by atoms with E-state index in [1.807, 2.05) is 0 Å². The van der Waals surface area contributed by atoms with E-state index >= 15 is 0 Å². The molecule has 0 aromatic heterocycles. The lowest BCUT2D eigenvalue weighted by Crippen LogP contribution is -2.44. The predicted octanol–water partition coefficient (Wildman–Crippen LogP) is 0.703. The topological polar surface area (TPSA) is 50.4 Å². The Kier molecular flexibility index (Phi) is 5.02. The monoisotopic (exact) mass is 248 g/mol. The third-order valence-corrected chi connectivity index (χ3v) is 3.37. The molecule has 2 fully saturated rings. The molecule has 0 aromatic carbocycles. The smallest absolute Gasteiger partial charge is 0.237 e. The molecule has 2 rings (SSSR count). The third kappa shape index (κ3) is 3.34. The Bertz CT molecular complexity index is 236. The number of hydrogen-bond acceptors (Lipinski definition) is 3. The average Bonchev–Trinajstić information content (AvgIpc) is 2.85. The highest BCUT2D eigenvalue weighted by Gasteiger charge is 2.31. The number of ether oxygens (including phenoxy) is 1. The van der Waals surface area contributed by atoms with Crippen molar-refractivity contribution in [2.75, 3.05) is 26.3 Å². The van der Waals surface area contributed by atoms with Crippen molar-refractivity contribution in [3.63, 3.8) is 0 Å². The van der Waals surface area contributed by atoms with E-state index in [-0.39, 0.29) is 29.8 Å². The quantitative estimate of drug-likeness (QED) is 0.773. The van der Waals surface area contributed by atoms with Gasteiger partial charge in [-0.25, -0.2) is 0 Å². The normalized spacial score (nSPS) is 33.4. The molecule has 2 heterocycles. The molecule has 2 saturated heterocycles. The van der Waals surface area contributed by atoms with E-state index in [1.54, 1.807) is 0 Å². The second-order valence-corrected chi connectivity index (χ2v) is 4.98. The van der Waals surface area contributed by atoms with Gasteiger partial charge >= 0.3 is 0 Å². The van der Waals surface area contributed by atoms with Gasteiger partial charge in [0.2, 0.25) is 5.91 Å². The van der Waals surface area contributed by atoms with E-state index in [4.69, 9.17) is 4.74 Å². The Morgan fingerprint density at radius 2 is 2.44 bits per heavy atom. The van der Waals surface area contributed by atoms with Crippen LogP contribution < -0.4 is 10.6 Å². The Morgan fingerprint density at radius 1 is 1.62 bits per heavy atom. The summed E-state index contributed by atoms with van der Waals surface area (Å²) in [5.41, 5.74) is 0.147. The summed E-state index contributed by atoms with van der Waals surface area (Å²) in [4.78, 5) is 11.7. The van der Waals surface area contributed by atoms with Gasteiger partial charge in [-0.15, -0.1) is 12.4 Å². The van der Waals surface area contributed by atoms with Crippen LogP contribution in [0.5, 0.6) is 0 Å². The fourth-order valence-corrected chi connectivity index (χ4v) is 2.18. The van der Waals surface area contributed by atoms with Gasteiger partial charge in [0.15, 0.2) is 0 Å².